The van der Waals surface area contributed by atoms with E-state index in [-0.39, 0.29) is 17.7 Å². The van der Waals surface area contributed by atoms with Crippen molar-refractivity contribution in [3.63, 3.8) is 0 Å². The molecular formula is C10H19N3O3S. The summed E-state index contributed by atoms with van der Waals surface area (Å²) in [5.41, 5.74) is 0. The molecule has 1 aromatic rings. The van der Waals surface area contributed by atoms with Gasteiger partial charge in [0.05, 0.1) is 12.9 Å². The number of rotatable bonds is 5. The molecule has 0 aliphatic heterocycles. The van der Waals surface area contributed by atoms with E-state index in [1.165, 1.54) is 19.6 Å². The summed E-state index contributed by atoms with van der Waals surface area (Å²) in [5.74, 6) is 0. The summed E-state index contributed by atoms with van der Waals surface area (Å²) in [6, 6.07) is -0.309. The molecule has 1 aromatic heterocycles. The first-order chi connectivity index (χ1) is 7.80. The van der Waals surface area contributed by atoms with E-state index >= 15 is 0 Å². The van der Waals surface area contributed by atoms with Gasteiger partial charge in [-0.2, -0.15) is 4.31 Å². The van der Waals surface area contributed by atoms with Crippen LogP contribution in [0.15, 0.2) is 17.6 Å². The lowest BCUT2D eigenvalue weighted by Crippen LogP contribution is -2.37. The van der Waals surface area contributed by atoms with Crippen molar-refractivity contribution in [2.45, 2.75) is 37.9 Å². The summed E-state index contributed by atoms with van der Waals surface area (Å²) in [6.07, 6.45) is 3.00. The molecule has 0 fully saturated rings. The van der Waals surface area contributed by atoms with Gasteiger partial charge in [0.15, 0.2) is 5.03 Å². The zero-order chi connectivity index (χ0) is 13.2. The highest BCUT2D eigenvalue weighted by atomic mass is 32.2. The number of aromatic nitrogens is 2. The van der Waals surface area contributed by atoms with Crippen LogP contribution in [0, 0.1) is 0 Å². The third kappa shape index (κ3) is 2.85. The molecule has 1 N–H and O–H groups in total. The number of aliphatic hydroxyl groups excluding tert-OH is 1. The molecule has 0 saturated heterocycles. The summed E-state index contributed by atoms with van der Waals surface area (Å²) < 4.78 is 27.1. The molecule has 0 aromatic carbocycles. The van der Waals surface area contributed by atoms with Gasteiger partial charge in [-0.3, -0.25) is 0 Å². The first kappa shape index (κ1) is 14.1. The summed E-state index contributed by atoms with van der Waals surface area (Å²) in [6.45, 7) is 5.30. The molecular weight excluding hydrogens is 242 g/mol. The van der Waals surface area contributed by atoms with Crippen LogP contribution in [0.3, 0.4) is 0 Å². The van der Waals surface area contributed by atoms with Gasteiger partial charge in [-0.05, 0) is 20.8 Å². The van der Waals surface area contributed by atoms with E-state index in [0.29, 0.717) is 0 Å². The zero-order valence-corrected chi connectivity index (χ0v) is 11.3. The van der Waals surface area contributed by atoms with Crippen LogP contribution in [0.25, 0.3) is 0 Å². The molecule has 17 heavy (non-hydrogen) atoms. The van der Waals surface area contributed by atoms with Gasteiger partial charge in [0, 0.05) is 25.3 Å². The molecule has 1 atom stereocenters. The number of hydrogen-bond donors (Lipinski definition) is 1. The Kier molecular flexibility index (Phi) is 4.29. The van der Waals surface area contributed by atoms with Gasteiger partial charge >= 0.3 is 0 Å². The number of likely N-dealkylation sites (N-methyl/N-ethyl adjacent to an activating group) is 1. The summed E-state index contributed by atoms with van der Waals surface area (Å²) >= 11 is 0. The minimum absolute atomic E-state index is 0.00833. The fraction of sp³-hybridized carbons (Fsp3) is 0.700. The van der Waals surface area contributed by atoms with E-state index in [2.05, 4.69) is 4.98 Å². The molecule has 1 unspecified atom stereocenters. The number of sulfonamides is 1. The smallest absolute Gasteiger partial charge is 0.262 e. The Morgan fingerprint density at radius 3 is 2.47 bits per heavy atom. The zero-order valence-electron chi connectivity index (χ0n) is 10.5. The lowest BCUT2D eigenvalue weighted by molar-refractivity contribution is 0.213. The summed E-state index contributed by atoms with van der Waals surface area (Å²) in [7, 11) is -2.19. The highest BCUT2D eigenvalue weighted by Crippen LogP contribution is 2.16. The van der Waals surface area contributed by atoms with Crippen LogP contribution >= 0.6 is 0 Å². The van der Waals surface area contributed by atoms with E-state index in [0.717, 1.165) is 4.31 Å². The minimum Gasteiger partial charge on any atom is -0.395 e. The van der Waals surface area contributed by atoms with Crippen molar-refractivity contribution < 1.29 is 13.5 Å². The maximum atomic E-state index is 12.1. The Labute approximate surface area is 102 Å². The first-order valence-corrected chi connectivity index (χ1v) is 6.87. The Hall–Kier alpha value is -0.920. The predicted molar refractivity (Wildman–Crippen MR) is 64.1 cm³/mol. The molecule has 0 saturated carbocycles. The average Bonchev–Trinajstić information content (AvgIpc) is 2.76. The van der Waals surface area contributed by atoms with Gasteiger partial charge in [-0.25, -0.2) is 13.4 Å². The lowest BCUT2D eigenvalue weighted by Gasteiger charge is -2.21. The Balaban J connectivity index is 3.04. The molecule has 0 bridgehead atoms. The van der Waals surface area contributed by atoms with Gasteiger partial charge in [-0.15, -0.1) is 0 Å². The second kappa shape index (κ2) is 5.16. The van der Waals surface area contributed by atoms with E-state index < -0.39 is 16.1 Å². The van der Waals surface area contributed by atoms with Crippen molar-refractivity contribution in [2.75, 3.05) is 13.7 Å². The average molecular weight is 261 g/mol. The molecule has 0 aliphatic rings. The van der Waals surface area contributed by atoms with Crippen molar-refractivity contribution in [1.29, 1.82) is 0 Å². The van der Waals surface area contributed by atoms with Crippen LogP contribution in [0.5, 0.6) is 0 Å². The fourth-order valence-electron chi connectivity index (χ4n) is 1.23. The van der Waals surface area contributed by atoms with Gasteiger partial charge < -0.3 is 9.67 Å². The standard InChI is InChI=1S/C10H19N3O3S/c1-8(2)13-5-10(11-7-13)17(15,16)12(4)9(3)6-14/h5,7-9,14H,6H2,1-4H3. The molecule has 0 amide bonds. The maximum Gasteiger partial charge on any atom is 0.262 e. The largest absolute Gasteiger partial charge is 0.395 e. The maximum absolute atomic E-state index is 12.1. The third-order valence-electron chi connectivity index (χ3n) is 2.70. The third-order valence-corrected chi connectivity index (χ3v) is 4.56. The Morgan fingerprint density at radius 2 is 2.06 bits per heavy atom. The van der Waals surface area contributed by atoms with Gasteiger partial charge in [0.2, 0.25) is 0 Å². The molecule has 98 valence electrons. The number of imidazole rings is 1. The summed E-state index contributed by atoms with van der Waals surface area (Å²) in [4.78, 5) is 3.90. The van der Waals surface area contributed by atoms with Crippen molar-refractivity contribution in [1.82, 2.24) is 13.9 Å². The predicted octanol–water partition coefficient (Wildman–Crippen LogP) is 0.465. The highest BCUT2D eigenvalue weighted by molar-refractivity contribution is 7.89. The van der Waals surface area contributed by atoms with Crippen LogP contribution in [0.4, 0.5) is 0 Å². The molecule has 0 aliphatic carbocycles. The number of aliphatic hydroxyl groups is 1. The minimum atomic E-state index is -3.62. The molecule has 1 rings (SSSR count). The fourth-order valence-corrected chi connectivity index (χ4v) is 2.50. The van der Waals surface area contributed by atoms with Crippen LogP contribution < -0.4 is 0 Å². The Morgan fingerprint density at radius 1 is 1.47 bits per heavy atom. The second-order valence-electron chi connectivity index (χ2n) is 4.31. The quantitative estimate of drug-likeness (QED) is 0.835. The van der Waals surface area contributed by atoms with Crippen LogP contribution in [-0.4, -0.2) is 47.1 Å². The van der Waals surface area contributed by atoms with Crippen LogP contribution in [0.1, 0.15) is 26.8 Å². The second-order valence-corrected chi connectivity index (χ2v) is 6.25. The first-order valence-electron chi connectivity index (χ1n) is 5.43. The SMILES string of the molecule is CC(CO)N(C)S(=O)(=O)c1cn(C(C)C)cn1. The van der Waals surface area contributed by atoms with Crippen LogP contribution in [0.2, 0.25) is 0 Å². The van der Waals surface area contributed by atoms with E-state index in [9.17, 15) is 8.42 Å². The summed E-state index contributed by atoms with van der Waals surface area (Å²) in [5, 5.41) is 8.99. The van der Waals surface area contributed by atoms with E-state index in [4.69, 9.17) is 5.11 Å². The van der Waals surface area contributed by atoms with Gasteiger partial charge in [0.25, 0.3) is 10.0 Å². The molecule has 1 heterocycles. The van der Waals surface area contributed by atoms with E-state index in [1.807, 2.05) is 13.8 Å². The lowest BCUT2D eigenvalue weighted by atomic mass is 10.4. The van der Waals surface area contributed by atoms with Crippen molar-refractivity contribution >= 4 is 10.0 Å². The van der Waals surface area contributed by atoms with Gasteiger partial charge in [-0.1, -0.05) is 0 Å². The van der Waals surface area contributed by atoms with Crippen molar-refractivity contribution in [2.24, 2.45) is 0 Å². The monoisotopic (exact) mass is 261 g/mol. The van der Waals surface area contributed by atoms with Gasteiger partial charge in [0.1, 0.15) is 0 Å². The topological polar surface area (TPSA) is 75.4 Å². The number of hydrogen-bond acceptors (Lipinski definition) is 4. The molecule has 0 radical (unpaired) electrons. The highest BCUT2D eigenvalue weighted by Gasteiger charge is 2.27. The molecule has 6 nitrogen and oxygen atoms in total. The number of nitrogens with zero attached hydrogens (tertiary/aromatic N) is 3. The van der Waals surface area contributed by atoms with Crippen molar-refractivity contribution in [3.05, 3.63) is 12.5 Å². The van der Waals surface area contributed by atoms with Crippen molar-refractivity contribution in [3.8, 4) is 0 Å². The Bertz CT molecular complexity index is 467. The normalized spacial score (nSPS) is 14.5. The van der Waals surface area contributed by atoms with E-state index in [1.54, 1.807) is 11.5 Å². The van der Waals surface area contributed by atoms with Crippen LogP contribution in [-0.2, 0) is 10.0 Å². The molecule has 0 spiro atoms. The molecule has 7 heteroatoms.